The van der Waals surface area contributed by atoms with Crippen LogP contribution >= 0.6 is 11.8 Å². The molecule has 88 valence electrons. The molecular formula is C14H20OS. The zero-order chi connectivity index (χ0) is 11.4. The van der Waals surface area contributed by atoms with Gasteiger partial charge < -0.3 is 5.11 Å². The maximum absolute atomic E-state index is 9.72. The molecule has 2 heteroatoms. The van der Waals surface area contributed by atoms with Gasteiger partial charge in [0.2, 0.25) is 0 Å². The molecule has 1 aromatic carbocycles. The number of rotatable bonds is 3. The highest BCUT2D eigenvalue weighted by atomic mass is 32.2. The summed E-state index contributed by atoms with van der Waals surface area (Å²) in [6.45, 7) is 0.297. The standard InChI is InChI=1S/C14H20OS/c1-16-13-7-5-12(6-8-13)14(11-15)9-3-2-4-10-14/h5-8,15H,2-4,9-11H2,1H3. The quantitative estimate of drug-likeness (QED) is 0.809. The summed E-state index contributed by atoms with van der Waals surface area (Å²) >= 11 is 1.77. The Hall–Kier alpha value is -0.470. The Bertz CT molecular complexity index is 325. The first-order valence-electron chi connectivity index (χ1n) is 6.06. The first-order valence-corrected chi connectivity index (χ1v) is 7.29. The molecule has 0 saturated heterocycles. The molecule has 1 aliphatic rings. The lowest BCUT2D eigenvalue weighted by Gasteiger charge is -2.36. The Balaban J connectivity index is 2.24. The summed E-state index contributed by atoms with van der Waals surface area (Å²) in [7, 11) is 0. The van der Waals surface area contributed by atoms with Crippen molar-refractivity contribution in [2.45, 2.75) is 42.4 Å². The van der Waals surface area contributed by atoms with Gasteiger partial charge in [-0.2, -0.15) is 0 Å². The molecule has 1 nitrogen and oxygen atoms in total. The van der Waals surface area contributed by atoms with Gasteiger partial charge in [-0.25, -0.2) is 0 Å². The molecule has 1 saturated carbocycles. The Morgan fingerprint density at radius 3 is 2.25 bits per heavy atom. The van der Waals surface area contributed by atoms with Crippen LogP contribution < -0.4 is 0 Å². The van der Waals surface area contributed by atoms with Gasteiger partial charge in [0.15, 0.2) is 0 Å². The molecule has 2 rings (SSSR count). The second-order valence-corrected chi connectivity index (χ2v) is 5.61. The smallest absolute Gasteiger partial charge is 0.0527 e. The van der Waals surface area contributed by atoms with Gasteiger partial charge in [-0.1, -0.05) is 31.4 Å². The Kier molecular flexibility index (Phi) is 3.93. The molecule has 1 fully saturated rings. The van der Waals surface area contributed by atoms with Gasteiger partial charge in [-0.05, 0) is 36.8 Å². The average Bonchev–Trinajstić information content (AvgIpc) is 2.39. The second kappa shape index (κ2) is 5.24. The van der Waals surface area contributed by atoms with Crippen LogP contribution in [0.4, 0.5) is 0 Å². The molecule has 16 heavy (non-hydrogen) atoms. The molecule has 0 amide bonds. The predicted molar refractivity (Wildman–Crippen MR) is 70.1 cm³/mol. The minimum atomic E-state index is 0.0508. The fraction of sp³-hybridized carbons (Fsp3) is 0.571. The fourth-order valence-electron chi connectivity index (χ4n) is 2.71. The van der Waals surface area contributed by atoms with Crippen molar-refractivity contribution in [2.75, 3.05) is 12.9 Å². The second-order valence-electron chi connectivity index (χ2n) is 4.73. The highest BCUT2D eigenvalue weighted by Gasteiger charge is 2.32. The first-order chi connectivity index (χ1) is 7.80. The van der Waals surface area contributed by atoms with Crippen molar-refractivity contribution in [1.82, 2.24) is 0 Å². The topological polar surface area (TPSA) is 20.2 Å². The summed E-state index contributed by atoms with van der Waals surface area (Å²) < 4.78 is 0. The summed E-state index contributed by atoms with van der Waals surface area (Å²) in [6.07, 6.45) is 8.21. The monoisotopic (exact) mass is 236 g/mol. The van der Waals surface area contributed by atoms with Crippen molar-refractivity contribution < 1.29 is 5.11 Å². The van der Waals surface area contributed by atoms with E-state index in [0.29, 0.717) is 6.61 Å². The molecule has 0 atom stereocenters. The number of hydrogen-bond donors (Lipinski definition) is 1. The molecule has 0 heterocycles. The lowest BCUT2D eigenvalue weighted by molar-refractivity contribution is 0.152. The predicted octanol–water partition coefficient (Wildman–Crippen LogP) is 3.60. The average molecular weight is 236 g/mol. The SMILES string of the molecule is CSc1ccc(C2(CO)CCCCC2)cc1. The van der Waals surface area contributed by atoms with Crippen molar-refractivity contribution in [2.24, 2.45) is 0 Å². The third-order valence-corrected chi connectivity index (χ3v) is 4.56. The van der Waals surface area contributed by atoms with Crippen molar-refractivity contribution in [1.29, 1.82) is 0 Å². The van der Waals surface area contributed by atoms with E-state index in [0.717, 1.165) is 12.8 Å². The number of benzene rings is 1. The van der Waals surface area contributed by atoms with E-state index in [1.54, 1.807) is 11.8 Å². The van der Waals surface area contributed by atoms with E-state index in [4.69, 9.17) is 0 Å². The zero-order valence-corrected chi connectivity index (χ0v) is 10.7. The normalized spacial score (nSPS) is 19.6. The molecule has 1 aliphatic carbocycles. The van der Waals surface area contributed by atoms with Gasteiger partial charge in [0.1, 0.15) is 0 Å². The lowest BCUT2D eigenvalue weighted by Crippen LogP contribution is -2.32. The number of aliphatic hydroxyl groups excluding tert-OH is 1. The molecule has 0 unspecified atom stereocenters. The largest absolute Gasteiger partial charge is 0.395 e. The highest BCUT2D eigenvalue weighted by Crippen LogP contribution is 2.39. The Morgan fingerprint density at radius 2 is 1.75 bits per heavy atom. The van der Waals surface area contributed by atoms with Crippen LogP contribution in [-0.2, 0) is 5.41 Å². The third-order valence-electron chi connectivity index (χ3n) is 3.82. The van der Waals surface area contributed by atoms with Gasteiger partial charge in [-0.15, -0.1) is 11.8 Å². The maximum Gasteiger partial charge on any atom is 0.0527 e. The number of aliphatic hydroxyl groups is 1. The van der Waals surface area contributed by atoms with Crippen LogP contribution in [0.5, 0.6) is 0 Å². The van der Waals surface area contributed by atoms with Gasteiger partial charge in [0, 0.05) is 10.3 Å². The van der Waals surface area contributed by atoms with Gasteiger partial charge in [-0.3, -0.25) is 0 Å². The van der Waals surface area contributed by atoms with Crippen LogP contribution in [0.3, 0.4) is 0 Å². The van der Waals surface area contributed by atoms with Gasteiger partial charge in [0.25, 0.3) is 0 Å². The minimum absolute atomic E-state index is 0.0508. The number of hydrogen-bond acceptors (Lipinski definition) is 2. The molecular weight excluding hydrogens is 216 g/mol. The van der Waals surface area contributed by atoms with Crippen molar-refractivity contribution in [3.8, 4) is 0 Å². The summed E-state index contributed by atoms with van der Waals surface area (Å²) in [4.78, 5) is 1.30. The molecule has 1 aromatic rings. The summed E-state index contributed by atoms with van der Waals surface area (Å²) in [5, 5.41) is 9.72. The molecule has 0 aliphatic heterocycles. The van der Waals surface area contributed by atoms with Crippen molar-refractivity contribution >= 4 is 11.8 Å². The Labute approximate surface area is 102 Å². The fourth-order valence-corrected chi connectivity index (χ4v) is 3.12. The van der Waals surface area contributed by atoms with E-state index in [2.05, 4.69) is 30.5 Å². The van der Waals surface area contributed by atoms with Crippen LogP contribution in [0, 0.1) is 0 Å². The van der Waals surface area contributed by atoms with E-state index in [9.17, 15) is 5.11 Å². The van der Waals surface area contributed by atoms with Gasteiger partial charge in [0.05, 0.1) is 6.61 Å². The summed E-state index contributed by atoms with van der Waals surface area (Å²) in [6, 6.07) is 8.75. The molecule has 0 bridgehead atoms. The maximum atomic E-state index is 9.72. The zero-order valence-electron chi connectivity index (χ0n) is 9.91. The minimum Gasteiger partial charge on any atom is -0.395 e. The third kappa shape index (κ3) is 2.28. The Morgan fingerprint density at radius 1 is 1.12 bits per heavy atom. The van der Waals surface area contributed by atoms with Crippen LogP contribution in [0.2, 0.25) is 0 Å². The van der Waals surface area contributed by atoms with Gasteiger partial charge >= 0.3 is 0 Å². The van der Waals surface area contributed by atoms with E-state index in [1.165, 1.54) is 29.7 Å². The molecule has 0 aromatic heterocycles. The lowest BCUT2D eigenvalue weighted by atomic mass is 9.70. The van der Waals surface area contributed by atoms with Crippen LogP contribution in [0.15, 0.2) is 29.2 Å². The molecule has 1 N–H and O–H groups in total. The van der Waals surface area contributed by atoms with Crippen LogP contribution in [-0.4, -0.2) is 18.0 Å². The van der Waals surface area contributed by atoms with Crippen LogP contribution in [0.25, 0.3) is 0 Å². The first kappa shape index (κ1) is 12.0. The van der Waals surface area contributed by atoms with E-state index in [-0.39, 0.29) is 5.41 Å². The van der Waals surface area contributed by atoms with Crippen molar-refractivity contribution in [3.05, 3.63) is 29.8 Å². The highest BCUT2D eigenvalue weighted by molar-refractivity contribution is 7.98. The summed E-state index contributed by atoms with van der Waals surface area (Å²) in [5.74, 6) is 0. The molecule has 0 spiro atoms. The van der Waals surface area contributed by atoms with E-state index < -0.39 is 0 Å². The van der Waals surface area contributed by atoms with Crippen molar-refractivity contribution in [3.63, 3.8) is 0 Å². The van der Waals surface area contributed by atoms with E-state index >= 15 is 0 Å². The summed E-state index contributed by atoms with van der Waals surface area (Å²) in [5.41, 5.74) is 1.38. The molecule has 0 radical (unpaired) electrons. The van der Waals surface area contributed by atoms with Crippen LogP contribution in [0.1, 0.15) is 37.7 Å². The van der Waals surface area contributed by atoms with E-state index in [1.807, 2.05) is 0 Å². The number of thioether (sulfide) groups is 1.